The van der Waals surface area contributed by atoms with Gasteiger partial charge in [-0.3, -0.25) is 19.4 Å². The molecule has 4 aliphatic rings. The van der Waals surface area contributed by atoms with Crippen LogP contribution >= 0.6 is 0 Å². The molecule has 3 aliphatic heterocycles. The molecule has 4 unspecified atom stereocenters. The molecule has 3 heterocycles. The van der Waals surface area contributed by atoms with Crippen LogP contribution in [-0.2, 0) is 19.1 Å². The molecular weight excluding hydrogens is 584 g/mol. The van der Waals surface area contributed by atoms with Crippen LogP contribution in [0, 0.1) is 54.1 Å². The number of halogens is 2. The summed E-state index contributed by atoms with van der Waals surface area (Å²) in [6, 6.07) is 5.62. The Morgan fingerprint density at radius 2 is 1.84 bits per heavy atom. The minimum Gasteiger partial charge on any atom is -0.481 e. The number of likely N-dealkylation sites (tertiary alicyclic amines) is 1. The van der Waals surface area contributed by atoms with Gasteiger partial charge in [-0.1, -0.05) is 32.0 Å². The standard InChI is InChI=1S/C33H37F2N5O5/c1-16-6-5-7-17(2)26(16)18-8-21(28(35)23(34)9-18)24(10-25(41)42)38-31(43)29-27-22(30(36)33(27,3)4)13-39(29)32(44)19-11-37-40(12-19)20-14-45-15-20/h5-9,11,19-20,22,24,27,29,36H,10,12-15H2,1-4H3,(H,38,43)(H,41,42)/t19?,22?,24?,27?,29-/m0/s1. The number of benzene rings is 2. The van der Waals surface area contributed by atoms with Crippen molar-refractivity contribution in [1.82, 2.24) is 15.2 Å². The number of carbonyl (C=O) groups is 3. The fraction of sp³-hybridized carbons (Fsp3) is 0.485. The summed E-state index contributed by atoms with van der Waals surface area (Å²) in [5.41, 5.74) is 2.14. The molecule has 3 fully saturated rings. The van der Waals surface area contributed by atoms with E-state index in [1.54, 1.807) is 11.2 Å². The zero-order valence-corrected chi connectivity index (χ0v) is 25.6. The van der Waals surface area contributed by atoms with Gasteiger partial charge in [-0.25, -0.2) is 8.78 Å². The molecule has 0 bridgehead atoms. The number of nitrogens with zero attached hydrogens (tertiary/aromatic N) is 3. The van der Waals surface area contributed by atoms with Crippen molar-refractivity contribution in [1.29, 1.82) is 5.41 Å². The van der Waals surface area contributed by atoms with Gasteiger partial charge in [0.1, 0.15) is 6.04 Å². The van der Waals surface area contributed by atoms with Crippen LogP contribution in [0.3, 0.4) is 0 Å². The second-order valence-electron chi connectivity index (χ2n) is 13.2. The topological polar surface area (TPSA) is 135 Å². The molecule has 0 spiro atoms. The van der Waals surface area contributed by atoms with Gasteiger partial charge >= 0.3 is 5.97 Å². The quantitative estimate of drug-likeness (QED) is 0.412. The van der Waals surface area contributed by atoms with E-state index in [1.165, 1.54) is 11.0 Å². The lowest BCUT2D eigenvalue weighted by Gasteiger charge is -2.49. The van der Waals surface area contributed by atoms with Crippen molar-refractivity contribution in [3.05, 3.63) is 58.7 Å². The molecule has 238 valence electrons. The highest BCUT2D eigenvalue weighted by molar-refractivity contribution is 6.03. The number of carboxylic acids is 1. The van der Waals surface area contributed by atoms with Crippen LogP contribution in [0.2, 0.25) is 0 Å². The van der Waals surface area contributed by atoms with E-state index in [0.717, 1.165) is 17.2 Å². The predicted molar refractivity (Wildman–Crippen MR) is 162 cm³/mol. The number of amides is 2. The third-order valence-electron chi connectivity index (χ3n) is 9.99. The van der Waals surface area contributed by atoms with E-state index in [-0.39, 0.29) is 30.0 Å². The summed E-state index contributed by atoms with van der Waals surface area (Å²) in [5.74, 6) is -6.06. The molecule has 2 aromatic carbocycles. The molecule has 45 heavy (non-hydrogen) atoms. The minimum atomic E-state index is -1.42. The number of fused-ring (bicyclic) bond motifs is 1. The number of aliphatic carboxylic acids is 1. The Morgan fingerprint density at radius 3 is 2.47 bits per heavy atom. The van der Waals surface area contributed by atoms with E-state index >= 15 is 8.78 Å². The summed E-state index contributed by atoms with van der Waals surface area (Å²) in [7, 11) is 0. The molecule has 2 amide bonds. The van der Waals surface area contributed by atoms with E-state index in [1.807, 2.05) is 45.9 Å². The first-order chi connectivity index (χ1) is 21.3. The maximum atomic E-state index is 15.5. The maximum Gasteiger partial charge on any atom is 0.305 e. The van der Waals surface area contributed by atoms with Crippen molar-refractivity contribution in [2.45, 2.75) is 52.2 Å². The first kappa shape index (κ1) is 30.8. The fourth-order valence-electron chi connectivity index (χ4n) is 7.52. The van der Waals surface area contributed by atoms with Crippen LogP contribution in [0.25, 0.3) is 11.1 Å². The number of nitrogens with one attached hydrogen (secondary N) is 2. The summed E-state index contributed by atoms with van der Waals surface area (Å²) in [6.07, 6.45) is 0.858. The van der Waals surface area contributed by atoms with Crippen LogP contribution in [0.5, 0.6) is 0 Å². The molecule has 0 radical (unpaired) electrons. The van der Waals surface area contributed by atoms with Gasteiger partial charge in [0.15, 0.2) is 11.6 Å². The normalized spacial score (nSPS) is 25.9. The van der Waals surface area contributed by atoms with E-state index in [0.29, 0.717) is 36.6 Å². The number of rotatable bonds is 8. The van der Waals surface area contributed by atoms with Crippen molar-refractivity contribution in [2.75, 3.05) is 26.3 Å². The monoisotopic (exact) mass is 621 g/mol. The number of hydrazone groups is 1. The Bertz CT molecular complexity index is 1600. The van der Waals surface area contributed by atoms with Gasteiger partial charge in [0, 0.05) is 41.3 Å². The van der Waals surface area contributed by atoms with Crippen LogP contribution in [0.4, 0.5) is 8.78 Å². The molecule has 5 atom stereocenters. The Hall–Kier alpha value is -4.19. The molecule has 1 saturated carbocycles. The Balaban J connectivity index is 1.32. The molecule has 3 N–H and O–H groups in total. The number of ether oxygens (including phenoxy) is 1. The first-order valence-corrected chi connectivity index (χ1v) is 15.1. The third kappa shape index (κ3) is 5.18. The van der Waals surface area contributed by atoms with Crippen molar-refractivity contribution in [3.8, 4) is 11.1 Å². The van der Waals surface area contributed by atoms with Crippen LogP contribution in [0.15, 0.2) is 35.4 Å². The molecule has 10 nitrogen and oxygen atoms in total. The highest BCUT2D eigenvalue weighted by Crippen LogP contribution is 2.55. The highest BCUT2D eigenvalue weighted by Gasteiger charge is 2.64. The van der Waals surface area contributed by atoms with Crippen molar-refractivity contribution >= 4 is 29.7 Å². The Morgan fingerprint density at radius 1 is 1.16 bits per heavy atom. The summed E-state index contributed by atoms with van der Waals surface area (Å²) >= 11 is 0. The van der Waals surface area contributed by atoms with Gasteiger partial charge < -0.3 is 25.5 Å². The third-order valence-corrected chi connectivity index (χ3v) is 9.99. The largest absolute Gasteiger partial charge is 0.481 e. The highest BCUT2D eigenvalue weighted by atomic mass is 19.2. The van der Waals surface area contributed by atoms with E-state index in [9.17, 15) is 19.5 Å². The molecule has 2 aromatic rings. The van der Waals surface area contributed by atoms with Gasteiger partial charge in [0.05, 0.1) is 44.2 Å². The van der Waals surface area contributed by atoms with Crippen molar-refractivity contribution in [2.24, 2.45) is 28.3 Å². The van der Waals surface area contributed by atoms with Gasteiger partial charge in [0.25, 0.3) is 0 Å². The van der Waals surface area contributed by atoms with Gasteiger partial charge in [-0.2, -0.15) is 5.10 Å². The lowest BCUT2D eigenvalue weighted by Crippen LogP contribution is -2.60. The molecule has 12 heteroatoms. The number of carboxylic acid groups (broad SMARTS) is 1. The molecule has 2 saturated heterocycles. The minimum absolute atomic E-state index is 0.0892. The summed E-state index contributed by atoms with van der Waals surface area (Å²) in [5, 5.41) is 27.3. The smallest absolute Gasteiger partial charge is 0.305 e. The average Bonchev–Trinajstić information content (AvgIpc) is 3.57. The zero-order chi connectivity index (χ0) is 32.4. The van der Waals surface area contributed by atoms with E-state index < -0.39 is 59.3 Å². The molecule has 1 aliphatic carbocycles. The number of carbonyl (C=O) groups excluding carboxylic acids is 2. The van der Waals surface area contributed by atoms with Gasteiger partial charge in [-0.15, -0.1) is 0 Å². The average molecular weight is 622 g/mol. The fourth-order valence-corrected chi connectivity index (χ4v) is 7.52. The second-order valence-corrected chi connectivity index (χ2v) is 13.2. The second kappa shape index (κ2) is 11.3. The summed E-state index contributed by atoms with van der Waals surface area (Å²) in [6.45, 7) is 8.92. The number of hydrogen-bond acceptors (Lipinski definition) is 7. The lowest BCUT2D eigenvalue weighted by molar-refractivity contribution is -0.143. The molecular formula is C33H37F2N5O5. The van der Waals surface area contributed by atoms with Crippen LogP contribution < -0.4 is 5.32 Å². The first-order valence-electron chi connectivity index (χ1n) is 15.1. The molecule has 0 aromatic heterocycles. The van der Waals surface area contributed by atoms with Gasteiger partial charge in [-0.05, 0) is 48.2 Å². The lowest BCUT2D eigenvalue weighted by atomic mass is 9.53. The Kier molecular flexibility index (Phi) is 7.75. The maximum absolute atomic E-state index is 15.5. The molecule has 6 rings (SSSR count). The van der Waals surface area contributed by atoms with E-state index in [4.69, 9.17) is 10.1 Å². The van der Waals surface area contributed by atoms with Crippen LogP contribution in [-0.4, -0.2) is 83.1 Å². The number of hydrogen-bond donors (Lipinski definition) is 3. The SMILES string of the molecule is Cc1cccc(C)c1-c1cc(F)c(F)c(C(CC(=O)O)NC(=O)[C@@H]2C3C(CN2C(=O)C2C=NN(C4COC4)C2)C(=N)C3(C)C)c1. The van der Waals surface area contributed by atoms with Crippen molar-refractivity contribution < 1.29 is 33.0 Å². The summed E-state index contributed by atoms with van der Waals surface area (Å²) in [4.78, 5) is 41.5. The number of aryl methyl sites for hydroxylation is 2. The Labute approximate surface area is 259 Å². The zero-order valence-electron chi connectivity index (χ0n) is 25.6. The predicted octanol–water partition coefficient (Wildman–Crippen LogP) is 3.70. The summed E-state index contributed by atoms with van der Waals surface area (Å²) < 4.78 is 35.8. The van der Waals surface area contributed by atoms with Gasteiger partial charge in [0.2, 0.25) is 11.8 Å². The van der Waals surface area contributed by atoms with Crippen molar-refractivity contribution in [3.63, 3.8) is 0 Å². The van der Waals surface area contributed by atoms with Crippen LogP contribution in [0.1, 0.15) is 43.0 Å². The van der Waals surface area contributed by atoms with E-state index in [2.05, 4.69) is 10.4 Å².